The van der Waals surface area contributed by atoms with Gasteiger partial charge >= 0.3 is 0 Å². The predicted molar refractivity (Wildman–Crippen MR) is 92.6 cm³/mol. The second-order valence-electron chi connectivity index (χ2n) is 4.63. The van der Waals surface area contributed by atoms with Gasteiger partial charge in [0.25, 0.3) is 0 Å². The molecule has 1 unspecified atom stereocenters. The van der Waals surface area contributed by atoms with Crippen molar-refractivity contribution in [1.82, 2.24) is 20.3 Å². The Hall–Kier alpha value is -2.19. The number of aromatic nitrogens is 4. The van der Waals surface area contributed by atoms with E-state index in [0.717, 1.165) is 15.0 Å². The van der Waals surface area contributed by atoms with Crippen molar-refractivity contribution >= 4 is 28.2 Å². The molecular formula is C15H15N5OS2. The van der Waals surface area contributed by atoms with E-state index in [1.165, 1.54) is 11.3 Å². The Morgan fingerprint density at radius 3 is 2.96 bits per heavy atom. The summed E-state index contributed by atoms with van der Waals surface area (Å²) in [5.74, 6) is 1.17. The molecule has 118 valence electrons. The minimum Gasteiger partial charge on any atom is -0.357 e. The van der Waals surface area contributed by atoms with Gasteiger partial charge in [-0.2, -0.15) is 4.98 Å². The second kappa shape index (κ2) is 7.38. The molecule has 2 aromatic heterocycles. The molecule has 0 radical (unpaired) electrons. The second-order valence-corrected chi connectivity index (χ2v) is 7.19. The van der Waals surface area contributed by atoms with E-state index in [4.69, 9.17) is 4.52 Å². The smallest absolute Gasteiger partial charge is 0.240 e. The maximum Gasteiger partial charge on any atom is 0.240 e. The molecule has 2 heterocycles. The van der Waals surface area contributed by atoms with Crippen LogP contribution in [0.1, 0.15) is 18.1 Å². The third kappa shape index (κ3) is 3.96. The minimum absolute atomic E-state index is 0.000154. The van der Waals surface area contributed by atoms with E-state index in [0.29, 0.717) is 18.3 Å². The summed E-state index contributed by atoms with van der Waals surface area (Å²) in [5, 5.41) is 16.1. The Balaban J connectivity index is 1.66. The molecule has 0 amide bonds. The lowest BCUT2D eigenvalue weighted by molar-refractivity contribution is 0.381. The standard InChI is InChI=1S/C15H15N5OS2/c1-3-9-16-14-18-19-15(23-14)22-10(2)13-17-12(20-21-13)11-7-5-4-6-8-11/h3-8,10H,1,9H2,2H3,(H,16,18). The summed E-state index contributed by atoms with van der Waals surface area (Å²) in [6.45, 7) is 6.33. The van der Waals surface area contributed by atoms with Gasteiger partial charge in [0.2, 0.25) is 16.8 Å². The summed E-state index contributed by atoms with van der Waals surface area (Å²) in [4.78, 5) is 4.46. The first-order chi connectivity index (χ1) is 11.3. The van der Waals surface area contributed by atoms with Crippen molar-refractivity contribution in [3.05, 3.63) is 48.9 Å². The zero-order valence-electron chi connectivity index (χ0n) is 12.5. The van der Waals surface area contributed by atoms with Gasteiger partial charge in [-0.25, -0.2) is 0 Å². The molecule has 1 N–H and O–H groups in total. The summed E-state index contributed by atoms with van der Waals surface area (Å²) in [6, 6.07) is 9.75. The van der Waals surface area contributed by atoms with Crippen LogP contribution in [-0.4, -0.2) is 26.9 Å². The van der Waals surface area contributed by atoms with Crippen molar-refractivity contribution in [2.45, 2.75) is 16.5 Å². The van der Waals surface area contributed by atoms with Crippen LogP contribution in [0.25, 0.3) is 11.4 Å². The summed E-state index contributed by atoms with van der Waals surface area (Å²) in [6.07, 6.45) is 1.78. The lowest BCUT2D eigenvalue weighted by Crippen LogP contribution is -1.96. The van der Waals surface area contributed by atoms with Crippen LogP contribution in [0, 0.1) is 0 Å². The number of nitrogens with zero attached hydrogens (tertiary/aromatic N) is 4. The van der Waals surface area contributed by atoms with E-state index in [-0.39, 0.29) is 5.25 Å². The molecule has 0 aliphatic carbocycles. The maximum atomic E-state index is 5.37. The first-order valence-electron chi connectivity index (χ1n) is 7.00. The van der Waals surface area contributed by atoms with Crippen molar-refractivity contribution in [3.8, 4) is 11.4 Å². The Kier molecular flexibility index (Phi) is 5.04. The highest BCUT2D eigenvalue weighted by molar-refractivity contribution is 8.01. The molecule has 3 aromatic rings. The predicted octanol–water partition coefficient (Wildman–Crippen LogP) is 4.04. The maximum absolute atomic E-state index is 5.37. The van der Waals surface area contributed by atoms with E-state index in [2.05, 4.69) is 32.2 Å². The molecule has 0 fully saturated rings. The van der Waals surface area contributed by atoms with E-state index in [1.54, 1.807) is 17.8 Å². The Morgan fingerprint density at radius 2 is 2.17 bits per heavy atom. The number of anilines is 1. The van der Waals surface area contributed by atoms with Gasteiger partial charge in [-0.3, -0.25) is 0 Å². The van der Waals surface area contributed by atoms with Crippen LogP contribution in [0.2, 0.25) is 0 Å². The summed E-state index contributed by atoms with van der Waals surface area (Å²) < 4.78 is 6.22. The lowest BCUT2D eigenvalue weighted by atomic mass is 10.2. The van der Waals surface area contributed by atoms with Crippen LogP contribution in [0.4, 0.5) is 5.13 Å². The van der Waals surface area contributed by atoms with Gasteiger partial charge < -0.3 is 9.84 Å². The first-order valence-corrected chi connectivity index (χ1v) is 8.70. The lowest BCUT2D eigenvalue weighted by Gasteiger charge is -2.01. The highest BCUT2D eigenvalue weighted by Gasteiger charge is 2.18. The van der Waals surface area contributed by atoms with Crippen molar-refractivity contribution in [1.29, 1.82) is 0 Å². The molecule has 1 atom stereocenters. The van der Waals surface area contributed by atoms with Crippen LogP contribution in [-0.2, 0) is 0 Å². The minimum atomic E-state index is 0.000154. The molecule has 3 rings (SSSR count). The first kappa shape index (κ1) is 15.7. The van der Waals surface area contributed by atoms with Gasteiger partial charge in [0, 0.05) is 12.1 Å². The van der Waals surface area contributed by atoms with Gasteiger partial charge in [0.15, 0.2) is 4.34 Å². The number of hydrogen-bond donors (Lipinski definition) is 1. The van der Waals surface area contributed by atoms with Crippen LogP contribution in [0.3, 0.4) is 0 Å². The number of nitrogens with one attached hydrogen (secondary N) is 1. The normalized spacial score (nSPS) is 12.0. The molecule has 0 aliphatic rings. The average Bonchev–Trinajstić information content (AvgIpc) is 3.23. The fraction of sp³-hybridized carbons (Fsp3) is 0.200. The van der Waals surface area contributed by atoms with Gasteiger partial charge in [-0.15, -0.1) is 16.8 Å². The van der Waals surface area contributed by atoms with E-state index in [9.17, 15) is 0 Å². The fourth-order valence-electron chi connectivity index (χ4n) is 1.79. The molecule has 0 saturated carbocycles. The molecule has 0 aliphatic heterocycles. The largest absolute Gasteiger partial charge is 0.357 e. The number of hydrogen-bond acceptors (Lipinski definition) is 8. The molecule has 0 spiro atoms. The number of thioether (sulfide) groups is 1. The zero-order valence-corrected chi connectivity index (χ0v) is 14.1. The van der Waals surface area contributed by atoms with Gasteiger partial charge in [0.05, 0.1) is 5.25 Å². The average molecular weight is 345 g/mol. The molecule has 23 heavy (non-hydrogen) atoms. The molecule has 6 nitrogen and oxygen atoms in total. The van der Waals surface area contributed by atoms with Crippen molar-refractivity contribution < 1.29 is 4.52 Å². The Labute approximate surface area is 142 Å². The monoisotopic (exact) mass is 345 g/mol. The summed E-state index contributed by atoms with van der Waals surface area (Å²) in [5.41, 5.74) is 0.937. The van der Waals surface area contributed by atoms with E-state index >= 15 is 0 Å². The highest BCUT2D eigenvalue weighted by atomic mass is 32.2. The van der Waals surface area contributed by atoms with Crippen molar-refractivity contribution in [2.24, 2.45) is 0 Å². The Morgan fingerprint density at radius 1 is 1.35 bits per heavy atom. The van der Waals surface area contributed by atoms with Crippen molar-refractivity contribution in [2.75, 3.05) is 11.9 Å². The third-order valence-electron chi connectivity index (χ3n) is 2.90. The van der Waals surface area contributed by atoms with Crippen LogP contribution < -0.4 is 5.32 Å². The van der Waals surface area contributed by atoms with Gasteiger partial charge in [-0.05, 0) is 6.92 Å². The molecule has 1 aromatic carbocycles. The van der Waals surface area contributed by atoms with E-state index in [1.807, 2.05) is 37.3 Å². The fourth-order valence-corrected chi connectivity index (χ4v) is 3.73. The Bertz CT molecular complexity index is 771. The molecule has 0 saturated heterocycles. The zero-order chi connectivity index (χ0) is 16.1. The molecule has 8 heteroatoms. The molecular weight excluding hydrogens is 330 g/mol. The molecule has 0 bridgehead atoms. The summed E-state index contributed by atoms with van der Waals surface area (Å²) in [7, 11) is 0. The highest BCUT2D eigenvalue weighted by Crippen LogP contribution is 2.37. The number of benzene rings is 1. The van der Waals surface area contributed by atoms with E-state index < -0.39 is 0 Å². The van der Waals surface area contributed by atoms with Crippen molar-refractivity contribution in [3.63, 3.8) is 0 Å². The van der Waals surface area contributed by atoms with Crippen LogP contribution in [0.5, 0.6) is 0 Å². The topological polar surface area (TPSA) is 76.7 Å². The summed E-state index contributed by atoms with van der Waals surface area (Å²) >= 11 is 3.03. The number of rotatable bonds is 7. The SMILES string of the molecule is C=CCNc1nnc(SC(C)c2nc(-c3ccccc3)no2)s1. The quantitative estimate of drug-likeness (QED) is 0.511. The van der Waals surface area contributed by atoms with Crippen LogP contribution in [0.15, 0.2) is 51.8 Å². The van der Waals surface area contributed by atoms with Gasteiger partial charge in [-0.1, -0.05) is 64.7 Å². The van der Waals surface area contributed by atoms with Gasteiger partial charge in [0.1, 0.15) is 0 Å². The third-order valence-corrected chi connectivity index (χ3v) is 4.96. The van der Waals surface area contributed by atoms with Crippen LogP contribution >= 0.6 is 23.1 Å².